The minimum atomic E-state index is -1.13. The predicted molar refractivity (Wildman–Crippen MR) is 68.3 cm³/mol. The molecule has 0 saturated carbocycles. The lowest BCUT2D eigenvalue weighted by molar-refractivity contribution is 0.0592. The van der Waals surface area contributed by atoms with Crippen molar-refractivity contribution in [1.82, 2.24) is 0 Å². The Morgan fingerprint density at radius 1 is 1.53 bits per heavy atom. The van der Waals surface area contributed by atoms with Crippen LogP contribution >= 0.6 is 11.6 Å². The van der Waals surface area contributed by atoms with Crippen molar-refractivity contribution in [3.8, 4) is 5.75 Å². The van der Waals surface area contributed by atoms with Gasteiger partial charge in [-0.05, 0) is 19.1 Å². The van der Waals surface area contributed by atoms with Crippen molar-refractivity contribution in [2.24, 2.45) is 0 Å². The van der Waals surface area contributed by atoms with Gasteiger partial charge in [0, 0.05) is 5.02 Å². The number of esters is 1. The average Bonchev–Trinajstić information content (AvgIpc) is 2.36. The molecule has 6 nitrogen and oxygen atoms in total. The maximum Gasteiger partial charge on any atom is 0.412 e. The summed E-state index contributed by atoms with van der Waals surface area (Å²) in [7, 11) is 1.23. The lowest BCUT2D eigenvalue weighted by Gasteiger charge is -2.32. The number of hydrogen-bond donors (Lipinski definition) is 1. The van der Waals surface area contributed by atoms with Crippen LogP contribution in [0.1, 0.15) is 17.3 Å². The van der Waals surface area contributed by atoms with Gasteiger partial charge in [0.2, 0.25) is 0 Å². The van der Waals surface area contributed by atoms with Gasteiger partial charge in [-0.25, -0.2) is 9.59 Å². The van der Waals surface area contributed by atoms with Gasteiger partial charge >= 0.3 is 12.1 Å². The Hall–Kier alpha value is -1.95. The van der Waals surface area contributed by atoms with Crippen molar-refractivity contribution in [2.75, 3.05) is 18.6 Å². The summed E-state index contributed by atoms with van der Waals surface area (Å²) in [5.41, 5.74) is 0.362. The molecule has 1 N–H and O–H groups in total. The molecule has 1 aromatic rings. The number of hydrogen-bond acceptors (Lipinski definition) is 4. The smallest absolute Gasteiger partial charge is 0.412 e. The zero-order chi connectivity index (χ0) is 14.2. The van der Waals surface area contributed by atoms with Crippen molar-refractivity contribution < 1.29 is 24.2 Å². The number of carbonyl (C=O) groups is 2. The number of halogens is 1. The summed E-state index contributed by atoms with van der Waals surface area (Å²) < 4.78 is 10.2. The standard InChI is InChI=1S/C12H12ClNO5/c1-6-5-14(12(16)17)9-4-7(13)3-8(10(9)19-6)11(15)18-2/h3-4,6H,5H2,1-2H3,(H,16,17). The first-order valence-electron chi connectivity index (χ1n) is 5.53. The average molecular weight is 286 g/mol. The van der Waals surface area contributed by atoms with Crippen LogP contribution in [0.4, 0.5) is 10.5 Å². The van der Waals surface area contributed by atoms with Crippen molar-refractivity contribution in [2.45, 2.75) is 13.0 Å². The third-order valence-corrected chi connectivity index (χ3v) is 2.94. The van der Waals surface area contributed by atoms with Gasteiger partial charge in [-0.3, -0.25) is 4.90 Å². The van der Waals surface area contributed by atoms with E-state index in [1.165, 1.54) is 19.2 Å². The van der Waals surface area contributed by atoms with Gasteiger partial charge in [0.05, 0.1) is 19.3 Å². The van der Waals surface area contributed by atoms with Crippen molar-refractivity contribution in [1.29, 1.82) is 0 Å². The quantitative estimate of drug-likeness (QED) is 0.802. The second-order valence-electron chi connectivity index (χ2n) is 4.11. The molecule has 0 spiro atoms. The van der Waals surface area contributed by atoms with Crippen LogP contribution in [-0.2, 0) is 4.74 Å². The van der Waals surface area contributed by atoms with Crippen LogP contribution in [0.5, 0.6) is 5.75 Å². The lowest BCUT2D eigenvalue weighted by Crippen LogP contribution is -2.42. The number of nitrogens with zero attached hydrogens (tertiary/aromatic N) is 1. The Bertz CT molecular complexity index is 545. The number of carboxylic acid groups (broad SMARTS) is 1. The molecule has 0 aromatic heterocycles. The fourth-order valence-electron chi connectivity index (χ4n) is 1.94. The Morgan fingerprint density at radius 3 is 2.79 bits per heavy atom. The van der Waals surface area contributed by atoms with E-state index in [1.807, 2.05) is 0 Å². The molecular weight excluding hydrogens is 274 g/mol. The molecule has 2 rings (SSSR count). The SMILES string of the molecule is COC(=O)c1cc(Cl)cc2c1OC(C)CN2C(=O)O. The normalized spacial score (nSPS) is 17.4. The topological polar surface area (TPSA) is 76.1 Å². The third kappa shape index (κ3) is 2.44. The molecule has 1 aliphatic heterocycles. The lowest BCUT2D eigenvalue weighted by atomic mass is 10.1. The summed E-state index contributed by atoms with van der Waals surface area (Å²) in [6, 6.07) is 2.84. The fourth-order valence-corrected chi connectivity index (χ4v) is 2.15. The molecule has 0 aliphatic carbocycles. The van der Waals surface area contributed by atoms with E-state index in [0.717, 1.165) is 4.90 Å². The second kappa shape index (κ2) is 4.97. The van der Waals surface area contributed by atoms with Gasteiger partial charge in [0.15, 0.2) is 5.75 Å². The molecular formula is C12H12ClNO5. The van der Waals surface area contributed by atoms with Crippen LogP contribution in [0.15, 0.2) is 12.1 Å². The number of anilines is 1. The molecule has 0 bridgehead atoms. The van der Waals surface area contributed by atoms with Gasteiger partial charge in [-0.2, -0.15) is 0 Å². The van der Waals surface area contributed by atoms with Gasteiger partial charge in [-0.1, -0.05) is 11.6 Å². The molecule has 0 radical (unpaired) electrons. The highest BCUT2D eigenvalue weighted by Crippen LogP contribution is 2.39. The van der Waals surface area contributed by atoms with Crippen LogP contribution in [0.25, 0.3) is 0 Å². The second-order valence-corrected chi connectivity index (χ2v) is 4.55. The highest BCUT2D eigenvalue weighted by molar-refractivity contribution is 6.31. The van der Waals surface area contributed by atoms with E-state index in [1.54, 1.807) is 6.92 Å². The summed E-state index contributed by atoms with van der Waals surface area (Å²) >= 11 is 5.91. The molecule has 1 atom stereocenters. The number of ether oxygens (including phenoxy) is 2. The molecule has 1 aromatic carbocycles. The van der Waals surface area contributed by atoms with Gasteiger partial charge in [0.25, 0.3) is 0 Å². The molecule has 7 heteroatoms. The molecule has 1 amide bonds. The van der Waals surface area contributed by atoms with Crippen molar-refractivity contribution >= 4 is 29.4 Å². The van der Waals surface area contributed by atoms with Crippen LogP contribution < -0.4 is 9.64 Å². The monoisotopic (exact) mass is 285 g/mol. The molecule has 1 heterocycles. The van der Waals surface area contributed by atoms with E-state index >= 15 is 0 Å². The van der Waals surface area contributed by atoms with Gasteiger partial charge in [-0.15, -0.1) is 0 Å². The van der Waals surface area contributed by atoms with Crippen molar-refractivity contribution in [3.63, 3.8) is 0 Å². The third-order valence-electron chi connectivity index (χ3n) is 2.72. The highest BCUT2D eigenvalue weighted by atomic mass is 35.5. The molecule has 0 fully saturated rings. The molecule has 102 valence electrons. The van der Waals surface area contributed by atoms with E-state index < -0.39 is 12.1 Å². The number of fused-ring (bicyclic) bond motifs is 1. The molecule has 0 saturated heterocycles. The highest BCUT2D eigenvalue weighted by Gasteiger charge is 2.31. The maximum absolute atomic E-state index is 11.7. The largest absolute Gasteiger partial charge is 0.486 e. The van der Waals surface area contributed by atoms with E-state index in [9.17, 15) is 14.7 Å². The summed E-state index contributed by atoms with van der Waals surface area (Å²) in [5.74, 6) is -0.449. The maximum atomic E-state index is 11.7. The zero-order valence-corrected chi connectivity index (χ0v) is 11.1. The number of benzene rings is 1. The van der Waals surface area contributed by atoms with E-state index in [2.05, 4.69) is 4.74 Å². The number of carbonyl (C=O) groups excluding carboxylic acids is 1. The first kappa shape index (κ1) is 13.5. The molecule has 1 unspecified atom stereocenters. The molecule has 19 heavy (non-hydrogen) atoms. The Labute approximate surface area is 114 Å². The summed E-state index contributed by atoms with van der Waals surface area (Å²) in [6.07, 6.45) is -1.50. The van der Waals surface area contributed by atoms with E-state index in [0.29, 0.717) is 0 Å². The number of amides is 1. The fraction of sp³-hybridized carbons (Fsp3) is 0.333. The zero-order valence-electron chi connectivity index (χ0n) is 10.3. The van der Waals surface area contributed by atoms with Crippen LogP contribution in [-0.4, -0.2) is 36.9 Å². The summed E-state index contributed by atoms with van der Waals surface area (Å²) in [6.45, 7) is 1.89. The molecule has 1 aliphatic rings. The minimum Gasteiger partial charge on any atom is -0.486 e. The Balaban J connectivity index is 2.62. The summed E-state index contributed by atoms with van der Waals surface area (Å²) in [4.78, 5) is 24.0. The number of rotatable bonds is 1. The Morgan fingerprint density at radius 2 is 2.21 bits per heavy atom. The Kier molecular flexibility index (Phi) is 3.53. The van der Waals surface area contributed by atoms with Crippen LogP contribution in [0.3, 0.4) is 0 Å². The predicted octanol–water partition coefficient (Wildman–Crippen LogP) is 2.39. The van der Waals surface area contributed by atoms with E-state index in [4.69, 9.17) is 16.3 Å². The van der Waals surface area contributed by atoms with Gasteiger partial charge < -0.3 is 14.6 Å². The minimum absolute atomic E-state index is 0.114. The van der Waals surface area contributed by atoms with Crippen molar-refractivity contribution in [3.05, 3.63) is 22.7 Å². The summed E-state index contributed by atoms with van der Waals surface area (Å²) in [5, 5.41) is 9.43. The van der Waals surface area contributed by atoms with Crippen LogP contribution in [0.2, 0.25) is 5.02 Å². The van der Waals surface area contributed by atoms with Gasteiger partial charge in [0.1, 0.15) is 11.7 Å². The number of methoxy groups -OCH3 is 1. The first-order valence-corrected chi connectivity index (χ1v) is 5.90. The van der Waals surface area contributed by atoms with E-state index in [-0.39, 0.29) is 34.7 Å². The first-order chi connectivity index (χ1) is 8.93. The van der Waals surface area contributed by atoms with Crippen LogP contribution in [0, 0.1) is 0 Å².